The molecule has 0 amide bonds. The highest BCUT2D eigenvalue weighted by Gasteiger charge is 1.89. The van der Waals surface area contributed by atoms with Gasteiger partial charge < -0.3 is 10.1 Å². The van der Waals surface area contributed by atoms with Crippen LogP contribution in [0, 0.1) is 12.3 Å². The van der Waals surface area contributed by atoms with Crippen molar-refractivity contribution in [1.29, 1.82) is 0 Å². The monoisotopic (exact) mass is 139 g/mol. The Kier molecular flexibility index (Phi) is 5.60. The van der Waals surface area contributed by atoms with Crippen molar-refractivity contribution >= 4 is 0 Å². The summed E-state index contributed by atoms with van der Waals surface area (Å²) in [6.07, 6.45) is 5.84. The van der Waals surface area contributed by atoms with Crippen molar-refractivity contribution in [2.75, 3.05) is 20.3 Å². The summed E-state index contributed by atoms with van der Waals surface area (Å²) in [7, 11) is 1.66. The predicted molar refractivity (Wildman–Crippen MR) is 42.5 cm³/mol. The lowest BCUT2D eigenvalue weighted by Gasteiger charge is -2.04. The Morgan fingerprint density at radius 1 is 1.80 bits per heavy atom. The highest BCUT2D eigenvalue weighted by atomic mass is 16.5. The fourth-order valence-corrected chi connectivity index (χ4v) is 0.490. The SMILES string of the molecule is C#CCNC(=C)CCOC. The summed E-state index contributed by atoms with van der Waals surface area (Å²) in [4.78, 5) is 0. The van der Waals surface area contributed by atoms with E-state index in [9.17, 15) is 0 Å². The van der Waals surface area contributed by atoms with Crippen LogP contribution in [0.15, 0.2) is 12.3 Å². The van der Waals surface area contributed by atoms with Crippen molar-refractivity contribution in [2.24, 2.45) is 0 Å². The second kappa shape index (κ2) is 6.18. The zero-order valence-electron chi connectivity index (χ0n) is 6.31. The third kappa shape index (κ3) is 5.20. The van der Waals surface area contributed by atoms with Gasteiger partial charge in [0, 0.05) is 19.2 Å². The minimum atomic E-state index is 0.544. The van der Waals surface area contributed by atoms with E-state index in [0.29, 0.717) is 13.2 Å². The number of terminal acetylenes is 1. The zero-order valence-corrected chi connectivity index (χ0v) is 6.31. The standard InChI is InChI=1S/C8H13NO/c1-4-6-9-8(2)5-7-10-3/h1,9H,2,5-7H2,3H3. The van der Waals surface area contributed by atoms with E-state index in [0.717, 1.165) is 12.1 Å². The molecule has 0 aromatic rings. The molecule has 0 radical (unpaired) electrons. The van der Waals surface area contributed by atoms with Crippen molar-refractivity contribution in [2.45, 2.75) is 6.42 Å². The summed E-state index contributed by atoms with van der Waals surface area (Å²) in [5.74, 6) is 2.46. The summed E-state index contributed by atoms with van der Waals surface area (Å²) in [5.41, 5.74) is 0.930. The molecule has 0 aromatic heterocycles. The van der Waals surface area contributed by atoms with Gasteiger partial charge in [0.2, 0.25) is 0 Å². The van der Waals surface area contributed by atoms with Crippen LogP contribution in [0.1, 0.15) is 6.42 Å². The molecule has 0 aliphatic carbocycles. The Morgan fingerprint density at radius 3 is 3.00 bits per heavy atom. The van der Waals surface area contributed by atoms with E-state index in [1.807, 2.05) is 0 Å². The van der Waals surface area contributed by atoms with Gasteiger partial charge in [0.1, 0.15) is 0 Å². The lowest BCUT2D eigenvalue weighted by Crippen LogP contribution is -2.13. The van der Waals surface area contributed by atoms with E-state index in [-0.39, 0.29) is 0 Å². The number of hydrogen-bond acceptors (Lipinski definition) is 2. The maximum Gasteiger partial charge on any atom is 0.0760 e. The number of hydrogen-bond donors (Lipinski definition) is 1. The summed E-state index contributed by atoms with van der Waals surface area (Å²) in [6.45, 7) is 4.98. The third-order valence-corrected chi connectivity index (χ3v) is 1.05. The molecule has 0 atom stereocenters. The van der Waals surface area contributed by atoms with Gasteiger partial charge in [0.25, 0.3) is 0 Å². The number of methoxy groups -OCH3 is 1. The first-order chi connectivity index (χ1) is 4.81. The molecular formula is C8H13NO. The first kappa shape index (κ1) is 9.06. The Morgan fingerprint density at radius 2 is 2.50 bits per heavy atom. The molecule has 0 saturated carbocycles. The van der Waals surface area contributed by atoms with Crippen LogP contribution in [0.2, 0.25) is 0 Å². The molecule has 0 heterocycles. The average molecular weight is 139 g/mol. The highest BCUT2D eigenvalue weighted by Crippen LogP contribution is 1.90. The molecule has 0 fully saturated rings. The zero-order chi connectivity index (χ0) is 7.82. The van der Waals surface area contributed by atoms with Crippen LogP contribution in [-0.2, 0) is 4.74 Å². The van der Waals surface area contributed by atoms with Crippen LogP contribution < -0.4 is 5.32 Å². The maximum atomic E-state index is 5.02. The van der Waals surface area contributed by atoms with E-state index in [1.54, 1.807) is 7.11 Å². The molecule has 0 rings (SSSR count). The minimum absolute atomic E-state index is 0.544. The summed E-state index contributed by atoms with van der Waals surface area (Å²) < 4.78 is 4.84. The Bertz CT molecular complexity index is 135. The fourth-order valence-electron chi connectivity index (χ4n) is 0.490. The minimum Gasteiger partial charge on any atom is -0.384 e. The molecule has 0 bridgehead atoms. The molecule has 0 saturated heterocycles. The van der Waals surface area contributed by atoms with Crippen molar-refractivity contribution in [3.63, 3.8) is 0 Å². The molecule has 1 N–H and O–H groups in total. The highest BCUT2D eigenvalue weighted by molar-refractivity contribution is 4.97. The Balaban J connectivity index is 3.19. The molecule has 2 heteroatoms. The van der Waals surface area contributed by atoms with Gasteiger partial charge in [0.15, 0.2) is 0 Å². The molecule has 0 aromatic carbocycles. The smallest absolute Gasteiger partial charge is 0.0760 e. The Hall–Kier alpha value is -0.940. The van der Waals surface area contributed by atoms with E-state index < -0.39 is 0 Å². The largest absolute Gasteiger partial charge is 0.384 e. The molecule has 0 aliphatic heterocycles. The molecular weight excluding hydrogens is 126 g/mol. The van der Waals surface area contributed by atoms with Crippen molar-refractivity contribution in [3.8, 4) is 12.3 Å². The molecule has 2 nitrogen and oxygen atoms in total. The second-order valence-electron chi connectivity index (χ2n) is 1.90. The van der Waals surface area contributed by atoms with Gasteiger partial charge in [-0.3, -0.25) is 0 Å². The lowest BCUT2D eigenvalue weighted by atomic mass is 10.3. The first-order valence-corrected chi connectivity index (χ1v) is 3.15. The lowest BCUT2D eigenvalue weighted by molar-refractivity contribution is 0.201. The average Bonchev–Trinajstić information content (AvgIpc) is 1.97. The normalized spacial score (nSPS) is 8.40. The predicted octanol–water partition coefficient (Wildman–Crippen LogP) is 0.759. The molecule has 0 aliphatic rings. The van der Waals surface area contributed by atoms with Crippen molar-refractivity contribution < 1.29 is 4.74 Å². The van der Waals surface area contributed by atoms with Crippen LogP contribution in [0.5, 0.6) is 0 Å². The van der Waals surface area contributed by atoms with Gasteiger partial charge in [0.05, 0.1) is 13.2 Å². The number of nitrogens with one attached hydrogen (secondary N) is 1. The summed E-state index contributed by atoms with van der Waals surface area (Å²) in [6, 6.07) is 0. The maximum absolute atomic E-state index is 5.02. The van der Waals surface area contributed by atoms with Gasteiger partial charge in [-0.2, -0.15) is 0 Å². The van der Waals surface area contributed by atoms with Crippen LogP contribution in [0.25, 0.3) is 0 Å². The Labute approximate surface area is 62.3 Å². The van der Waals surface area contributed by atoms with Crippen molar-refractivity contribution in [3.05, 3.63) is 12.3 Å². The van der Waals surface area contributed by atoms with E-state index in [4.69, 9.17) is 11.2 Å². The van der Waals surface area contributed by atoms with Crippen LogP contribution in [-0.4, -0.2) is 20.3 Å². The topological polar surface area (TPSA) is 21.3 Å². The van der Waals surface area contributed by atoms with Crippen LogP contribution in [0.4, 0.5) is 0 Å². The molecule has 56 valence electrons. The number of ether oxygens (including phenoxy) is 1. The van der Waals surface area contributed by atoms with E-state index >= 15 is 0 Å². The number of rotatable bonds is 5. The van der Waals surface area contributed by atoms with Gasteiger partial charge >= 0.3 is 0 Å². The van der Waals surface area contributed by atoms with Gasteiger partial charge in [-0.15, -0.1) is 6.42 Å². The van der Waals surface area contributed by atoms with E-state index in [2.05, 4.69) is 17.8 Å². The first-order valence-electron chi connectivity index (χ1n) is 3.15. The summed E-state index contributed by atoms with van der Waals surface area (Å²) in [5, 5.41) is 2.96. The summed E-state index contributed by atoms with van der Waals surface area (Å²) >= 11 is 0. The van der Waals surface area contributed by atoms with Gasteiger partial charge in [-0.1, -0.05) is 12.5 Å². The molecule has 0 unspecified atom stereocenters. The van der Waals surface area contributed by atoms with E-state index in [1.165, 1.54) is 0 Å². The van der Waals surface area contributed by atoms with Crippen molar-refractivity contribution in [1.82, 2.24) is 5.32 Å². The van der Waals surface area contributed by atoms with Gasteiger partial charge in [-0.05, 0) is 0 Å². The molecule has 10 heavy (non-hydrogen) atoms. The second-order valence-corrected chi connectivity index (χ2v) is 1.90. The van der Waals surface area contributed by atoms with Crippen LogP contribution in [0.3, 0.4) is 0 Å². The van der Waals surface area contributed by atoms with Gasteiger partial charge in [-0.25, -0.2) is 0 Å². The quantitative estimate of drug-likeness (QED) is 0.568. The molecule has 0 spiro atoms. The van der Waals surface area contributed by atoms with Crippen LogP contribution >= 0.6 is 0 Å². The fraction of sp³-hybridized carbons (Fsp3) is 0.500. The third-order valence-electron chi connectivity index (χ3n) is 1.05.